The minimum Gasteiger partial charge on any atom is -0.497 e. The Morgan fingerprint density at radius 2 is 1.85 bits per heavy atom. The molecule has 0 aliphatic carbocycles. The normalized spacial score (nSPS) is 10.6. The third-order valence-corrected chi connectivity index (χ3v) is 4.27. The van der Waals surface area contributed by atoms with Gasteiger partial charge in [-0.15, -0.1) is 0 Å². The third-order valence-electron chi connectivity index (χ3n) is 4.27. The largest absolute Gasteiger partial charge is 0.497 e. The quantitative estimate of drug-likeness (QED) is 0.731. The van der Waals surface area contributed by atoms with Gasteiger partial charge in [0, 0.05) is 24.1 Å². The first-order valence-electron chi connectivity index (χ1n) is 8.53. The Kier molecular flexibility index (Phi) is 5.37. The molecule has 0 bridgehead atoms. The fourth-order valence-corrected chi connectivity index (χ4v) is 2.73. The number of hydrogen-bond donors (Lipinski definition) is 1. The molecule has 0 aliphatic heterocycles. The summed E-state index contributed by atoms with van der Waals surface area (Å²) < 4.78 is 10.9. The van der Waals surface area contributed by atoms with Gasteiger partial charge in [-0.2, -0.15) is 0 Å². The zero-order valence-corrected chi connectivity index (χ0v) is 15.2. The second-order valence-corrected chi connectivity index (χ2v) is 6.07. The van der Waals surface area contributed by atoms with Crippen LogP contribution in [0.4, 0.5) is 0 Å². The van der Waals surface area contributed by atoms with Crippen molar-refractivity contribution in [2.45, 2.75) is 20.3 Å². The van der Waals surface area contributed by atoms with Crippen LogP contribution < -0.4 is 10.1 Å². The summed E-state index contributed by atoms with van der Waals surface area (Å²) in [4.78, 5) is 16.8. The molecule has 26 heavy (non-hydrogen) atoms. The van der Waals surface area contributed by atoms with Crippen molar-refractivity contribution >= 4 is 5.91 Å². The molecule has 0 saturated carbocycles. The minimum absolute atomic E-state index is 0.0698. The van der Waals surface area contributed by atoms with Crippen LogP contribution in [0.3, 0.4) is 0 Å². The van der Waals surface area contributed by atoms with Crippen molar-refractivity contribution in [1.29, 1.82) is 0 Å². The van der Waals surface area contributed by atoms with Crippen molar-refractivity contribution in [2.75, 3.05) is 13.7 Å². The van der Waals surface area contributed by atoms with Gasteiger partial charge in [0.2, 0.25) is 5.89 Å². The van der Waals surface area contributed by atoms with Gasteiger partial charge in [0.05, 0.1) is 12.8 Å². The maximum atomic E-state index is 12.3. The summed E-state index contributed by atoms with van der Waals surface area (Å²) in [6.45, 7) is 4.32. The Labute approximate surface area is 153 Å². The Morgan fingerprint density at radius 3 is 2.54 bits per heavy atom. The number of carbonyl (C=O) groups is 1. The molecular weight excluding hydrogens is 328 g/mol. The maximum Gasteiger partial charge on any atom is 0.251 e. The van der Waals surface area contributed by atoms with Gasteiger partial charge in [0.15, 0.2) is 0 Å². The predicted molar refractivity (Wildman–Crippen MR) is 100 cm³/mol. The molecule has 2 aromatic carbocycles. The summed E-state index contributed by atoms with van der Waals surface area (Å²) in [7, 11) is 1.63. The number of amides is 1. The first kappa shape index (κ1) is 17.7. The van der Waals surface area contributed by atoms with Gasteiger partial charge in [-0.05, 0) is 49.7 Å². The molecule has 0 atom stereocenters. The van der Waals surface area contributed by atoms with E-state index in [1.54, 1.807) is 7.11 Å². The number of aromatic nitrogens is 1. The van der Waals surface area contributed by atoms with E-state index in [-0.39, 0.29) is 5.91 Å². The Balaban J connectivity index is 1.63. The molecule has 1 heterocycles. The lowest BCUT2D eigenvalue weighted by Gasteiger charge is -2.06. The molecule has 0 saturated heterocycles. The molecule has 1 N–H and O–H groups in total. The number of oxazole rings is 1. The number of nitrogens with zero attached hydrogens (tertiary/aromatic N) is 1. The van der Waals surface area contributed by atoms with Crippen LogP contribution in [0.15, 0.2) is 52.9 Å². The highest BCUT2D eigenvalue weighted by molar-refractivity contribution is 5.95. The second-order valence-electron chi connectivity index (χ2n) is 6.07. The van der Waals surface area contributed by atoms with Crippen LogP contribution in [-0.2, 0) is 6.42 Å². The summed E-state index contributed by atoms with van der Waals surface area (Å²) in [6, 6.07) is 15.1. The van der Waals surface area contributed by atoms with E-state index >= 15 is 0 Å². The second kappa shape index (κ2) is 7.87. The number of hydrogen-bond acceptors (Lipinski definition) is 4. The minimum atomic E-state index is -0.0698. The standard InChI is InChI=1S/C21H22N2O3/c1-14-6-4-5-7-18(14)20(24)22-13-12-19-15(2)26-21(23-19)16-8-10-17(25-3)11-9-16/h4-11H,12-13H2,1-3H3,(H,22,24). The lowest BCUT2D eigenvalue weighted by atomic mass is 10.1. The van der Waals surface area contributed by atoms with Crippen LogP contribution in [0.2, 0.25) is 0 Å². The lowest BCUT2D eigenvalue weighted by molar-refractivity contribution is 0.0953. The number of methoxy groups -OCH3 is 1. The molecule has 5 heteroatoms. The Morgan fingerprint density at radius 1 is 1.12 bits per heavy atom. The number of rotatable bonds is 6. The molecule has 134 valence electrons. The van der Waals surface area contributed by atoms with E-state index in [0.717, 1.165) is 28.3 Å². The van der Waals surface area contributed by atoms with Gasteiger partial charge in [-0.1, -0.05) is 18.2 Å². The molecule has 0 radical (unpaired) electrons. The third kappa shape index (κ3) is 3.94. The summed E-state index contributed by atoms with van der Waals surface area (Å²) in [6.07, 6.45) is 0.614. The molecule has 3 rings (SSSR count). The lowest BCUT2D eigenvalue weighted by Crippen LogP contribution is -2.26. The van der Waals surface area contributed by atoms with Crippen molar-refractivity contribution in [3.63, 3.8) is 0 Å². The van der Waals surface area contributed by atoms with Gasteiger partial charge in [0.25, 0.3) is 5.91 Å². The number of ether oxygens (including phenoxy) is 1. The van der Waals surface area contributed by atoms with Crippen LogP contribution in [0, 0.1) is 13.8 Å². The molecule has 5 nitrogen and oxygen atoms in total. The van der Waals surface area contributed by atoms with Crippen molar-refractivity contribution in [1.82, 2.24) is 10.3 Å². The molecule has 3 aromatic rings. The van der Waals surface area contributed by atoms with E-state index in [9.17, 15) is 4.79 Å². The van der Waals surface area contributed by atoms with E-state index < -0.39 is 0 Å². The number of aryl methyl sites for hydroxylation is 2. The van der Waals surface area contributed by atoms with Crippen LogP contribution in [-0.4, -0.2) is 24.5 Å². The van der Waals surface area contributed by atoms with Crippen molar-refractivity contribution in [2.24, 2.45) is 0 Å². The number of benzene rings is 2. The van der Waals surface area contributed by atoms with Crippen molar-refractivity contribution in [3.05, 3.63) is 71.1 Å². The highest BCUT2D eigenvalue weighted by atomic mass is 16.5. The monoisotopic (exact) mass is 350 g/mol. The van der Waals surface area contributed by atoms with Crippen LogP contribution >= 0.6 is 0 Å². The van der Waals surface area contributed by atoms with E-state index in [1.807, 2.05) is 62.4 Å². The fraction of sp³-hybridized carbons (Fsp3) is 0.238. The molecular formula is C21H22N2O3. The average Bonchev–Trinajstić information content (AvgIpc) is 3.03. The van der Waals surface area contributed by atoms with E-state index in [2.05, 4.69) is 10.3 Å². The smallest absolute Gasteiger partial charge is 0.251 e. The van der Waals surface area contributed by atoms with Gasteiger partial charge in [0.1, 0.15) is 11.5 Å². The van der Waals surface area contributed by atoms with E-state index in [0.29, 0.717) is 24.4 Å². The number of nitrogens with one attached hydrogen (secondary N) is 1. The molecule has 0 aliphatic rings. The van der Waals surface area contributed by atoms with Gasteiger partial charge >= 0.3 is 0 Å². The molecule has 0 spiro atoms. The first-order chi connectivity index (χ1) is 12.6. The molecule has 0 fully saturated rings. The zero-order chi connectivity index (χ0) is 18.5. The highest BCUT2D eigenvalue weighted by Crippen LogP contribution is 2.24. The zero-order valence-electron chi connectivity index (χ0n) is 15.2. The van der Waals surface area contributed by atoms with Gasteiger partial charge in [-0.25, -0.2) is 4.98 Å². The number of carbonyl (C=O) groups excluding carboxylic acids is 1. The fourth-order valence-electron chi connectivity index (χ4n) is 2.73. The molecule has 1 aromatic heterocycles. The summed E-state index contributed by atoms with van der Waals surface area (Å²) in [5.74, 6) is 2.06. The van der Waals surface area contributed by atoms with Crippen LogP contribution in [0.5, 0.6) is 5.75 Å². The van der Waals surface area contributed by atoms with E-state index in [1.165, 1.54) is 0 Å². The highest BCUT2D eigenvalue weighted by Gasteiger charge is 2.13. The summed E-state index contributed by atoms with van der Waals surface area (Å²) >= 11 is 0. The maximum absolute atomic E-state index is 12.3. The molecule has 0 unspecified atom stereocenters. The van der Waals surface area contributed by atoms with E-state index in [4.69, 9.17) is 9.15 Å². The van der Waals surface area contributed by atoms with Crippen LogP contribution in [0.25, 0.3) is 11.5 Å². The first-order valence-corrected chi connectivity index (χ1v) is 8.53. The van der Waals surface area contributed by atoms with Crippen molar-refractivity contribution < 1.29 is 13.9 Å². The Hall–Kier alpha value is -3.08. The van der Waals surface area contributed by atoms with Crippen molar-refractivity contribution in [3.8, 4) is 17.2 Å². The predicted octanol–water partition coefficient (Wildman–Crippen LogP) is 3.94. The van der Waals surface area contributed by atoms with Gasteiger partial charge in [-0.3, -0.25) is 4.79 Å². The van der Waals surface area contributed by atoms with Gasteiger partial charge < -0.3 is 14.5 Å². The Bertz CT molecular complexity index is 898. The SMILES string of the molecule is COc1ccc(-c2nc(CCNC(=O)c3ccccc3C)c(C)o2)cc1. The topological polar surface area (TPSA) is 64.4 Å². The summed E-state index contributed by atoms with van der Waals surface area (Å²) in [5.41, 5.74) is 3.40. The molecule has 1 amide bonds. The summed E-state index contributed by atoms with van der Waals surface area (Å²) in [5, 5.41) is 2.94. The van der Waals surface area contributed by atoms with Crippen LogP contribution in [0.1, 0.15) is 27.4 Å². The average molecular weight is 350 g/mol.